The van der Waals surface area contributed by atoms with Crippen LogP contribution in [0.3, 0.4) is 0 Å². The largest absolute Gasteiger partial charge is 0.306 e. The first-order valence-corrected chi connectivity index (χ1v) is 9.04. The third kappa shape index (κ3) is 3.71. The molecular weight excluding hydrogens is 335 g/mol. The van der Waals surface area contributed by atoms with Crippen LogP contribution in [0, 0.1) is 5.82 Å². The molecule has 1 aliphatic rings. The van der Waals surface area contributed by atoms with Crippen LogP contribution in [0.2, 0.25) is 5.02 Å². The van der Waals surface area contributed by atoms with E-state index in [2.05, 4.69) is 0 Å². The second kappa shape index (κ2) is 6.95. The van der Waals surface area contributed by atoms with Crippen LogP contribution in [-0.2, 0) is 16.8 Å². The third-order valence-corrected chi connectivity index (χ3v) is 4.90. The maximum absolute atomic E-state index is 14.2. The fourth-order valence-electron chi connectivity index (χ4n) is 3.02. The summed E-state index contributed by atoms with van der Waals surface area (Å²) < 4.78 is 33.9. The molecule has 1 N–H and O–H groups in total. The van der Waals surface area contributed by atoms with Crippen LogP contribution in [0.1, 0.15) is 36.0 Å². The molecule has 0 heterocycles. The van der Waals surface area contributed by atoms with Gasteiger partial charge in [-0.15, -0.1) is 0 Å². The van der Waals surface area contributed by atoms with Crippen molar-refractivity contribution in [2.75, 3.05) is 0 Å². The summed E-state index contributed by atoms with van der Waals surface area (Å²) in [4.78, 5) is 0. The van der Waals surface area contributed by atoms with Crippen molar-refractivity contribution >= 4 is 33.8 Å². The molecule has 120 valence electrons. The van der Waals surface area contributed by atoms with E-state index in [0.29, 0.717) is 5.02 Å². The molecule has 0 amide bonds. The van der Waals surface area contributed by atoms with Crippen LogP contribution < -0.4 is 0 Å². The molecule has 2 aromatic rings. The Bertz CT molecular complexity index is 784. The van der Waals surface area contributed by atoms with Crippen molar-refractivity contribution in [3.8, 4) is 0 Å². The summed E-state index contributed by atoms with van der Waals surface area (Å²) in [5.41, 5.74) is 4.59. The lowest BCUT2D eigenvalue weighted by Gasteiger charge is -2.10. The summed E-state index contributed by atoms with van der Waals surface area (Å²) in [7, 11) is 0. The van der Waals surface area contributed by atoms with Crippen molar-refractivity contribution in [3.63, 3.8) is 0 Å². The van der Waals surface area contributed by atoms with Gasteiger partial charge >= 0.3 is 0 Å². The molecule has 0 spiro atoms. The molecule has 2 aromatic carbocycles. The maximum atomic E-state index is 14.2. The zero-order valence-corrected chi connectivity index (χ0v) is 14.0. The van der Waals surface area contributed by atoms with E-state index in [-0.39, 0.29) is 11.3 Å². The van der Waals surface area contributed by atoms with Gasteiger partial charge in [0.15, 0.2) is 11.1 Å². The zero-order valence-electron chi connectivity index (χ0n) is 12.4. The van der Waals surface area contributed by atoms with E-state index in [4.69, 9.17) is 16.2 Å². The van der Waals surface area contributed by atoms with Crippen LogP contribution >= 0.6 is 11.6 Å². The summed E-state index contributed by atoms with van der Waals surface area (Å²) >= 11 is 3.90. The molecule has 0 fully saturated rings. The van der Waals surface area contributed by atoms with Crippen molar-refractivity contribution < 1.29 is 13.2 Å². The Balaban J connectivity index is 1.98. The van der Waals surface area contributed by atoms with Crippen LogP contribution in [0.4, 0.5) is 4.39 Å². The van der Waals surface area contributed by atoms with Crippen molar-refractivity contribution in [1.82, 2.24) is 0 Å². The number of halogens is 2. The molecule has 23 heavy (non-hydrogen) atoms. The van der Waals surface area contributed by atoms with Gasteiger partial charge in [0.1, 0.15) is 5.82 Å². The molecule has 5 heteroatoms. The molecule has 0 bridgehead atoms. The van der Waals surface area contributed by atoms with Crippen LogP contribution in [-0.4, -0.2) is 8.76 Å². The van der Waals surface area contributed by atoms with Gasteiger partial charge < -0.3 is 4.55 Å². The van der Waals surface area contributed by atoms with E-state index < -0.39 is 16.9 Å². The summed E-state index contributed by atoms with van der Waals surface area (Å²) in [6.45, 7) is 0. The number of benzene rings is 2. The normalized spacial score (nSPS) is 16.0. The Morgan fingerprint density at radius 3 is 2.26 bits per heavy atom. The summed E-state index contributed by atoms with van der Waals surface area (Å²) in [5.74, 6) is -0.616. The molecule has 0 saturated heterocycles. The molecule has 2 nitrogen and oxygen atoms in total. The molecule has 3 rings (SSSR count). The first-order chi connectivity index (χ1) is 11.0. The standard InChI is InChI=1S/C18H16ClFO2S/c19-15-8-6-12(7-9-15)16-2-1-3-17(16)13-4-5-14(11-23(21)22)18(20)10-13/h4-10H,1-3,11H2,(H,21,22). The highest BCUT2D eigenvalue weighted by atomic mass is 35.5. The van der Waals surface area contributed by atoms with Gasteiger partial charge in [0.25, 0.3) is 0 Å². The van der Waals surface area contributed by atoms with Gasteiger partial charge in [-0.25, -0.2) is 8.60 Å². The second-order valence-corrected chi connectivity index (χ2v) is 6.96. The van der Waals surface area contributed by atoms with E-state index in [1.165, 1.54) is 11.6 Å². The average molecular weight is 351 g/mol. The fourth-order valence-corrected chi connectivity index (χ4v) is 3.64. The topological polar surface area (TPSA) is 37.3 Å². The zero-order chi connectivity index (χ0) is 16.4. The Hall–Kier alpha value is -1.49. The van der Waals surface area contributed by atoms with Gasteiger partial charge in [0.05, 0.1) is 5.75 Å². The highest BCUT2D eigenvalue weighted by Gasteiger charge is 2.19. The van der Waals surface area contributed by atoms with Gasteiger partial charge in [-0.3, -0.25) is 0 Å². The highest BCUT2D eigenvalue weighted by molar-refractivity contribution is 7.78. The minimum Gasteiger partial charge on any atom is -0.306 e. The SMILES string of the molecule is O=S(O)Cc1ccc(C2=C(c3ccc(Cl)cc3)CCC2)cc1F. The molecule has 1 aliphatic carbocycles. The Labute approximate surface area is 142 Å². The van der Waals surface area contributed by atoms with Gasteiger partial charge in [0, 0.05) is 10.6 Å². The minimum atomic E-state index is -2.04. The van der Waals surface area contributed by atoms with Gasteiger partial charge in [-0.1, -0.05) is 35.9 Å². The van der Waals surface area contributed by atoms with Crippen molar-refractivity contribution in [3.05, 3.63) is 70.0 Å². The predicted octanol–water partition coefficient (Wildman–Crippen LogP) is 5.30. The number of rotatable bonds is 4. The van der Waals surface area contributed by atoms with Crippen LogP contribution in [0.25, 0.3) is 11.1 Å². The third-order valence-electron chi connectivity index (χ3n) is 4.09. The number of hydrogen-bond donors (Lipinski definition) is 1. The van der Waals surface area contributed by atoms with E-state index in [1.807, 2.05) is 30.3 Å². The smallest absolute Gasteiger partial charge is 0.157 e. The van der Waals surface area contributed by atoms with E-state index >= 15 is 0 Å². The molecular formula is C18H16ClFO2S. The van der Waals surface area contributed by atoms with Crippen LogP contribution in [0.5, 0.6) is 0 Å². The first kappa shape index (κ1) is 16.4. The molecule has 0 radical (unpaired) electrons. The lowest BCUT2D eigenvalue weighted by atomic mass is 9.96. The minimum absolute atomic E-state index is 0.185. The van der Waals surface area contributed by atoms with Gasteiger partial charge in [-0.05, 0) is 59.7 Å². The summed E-state index contributed by atoms with van der Waals surface area (Å²) in [6.07, 6.45) is 2.90. The first-order valence-electron chi connectivity index (χ1n) is 7.39. The highest BCUT2D eigenvalue weighted by Crippen LogP contribution is 2.40. The van der Waals surface area contributed by atoms with E-state index in [1.54, 1.807) is 6.07 Å². The van der Waals surface area contributed by atoms with Crippen LogP contribution in [0.15, 0.2) is 42.5 Å². The molecule has 0 aromatic heterocycles. The van der Waals surface area contributed by atoms with E-state index in [9.17, 15) is 8.60 Å². The van der Waals surface area contributed by atoms with E-state index in [0.717, 1.165) is 36.0 Å². The molecule has 1 unspecified atom stereocenters. The quantitative estimate of drug-likeness (QED) is 0.760. The van der Waals surface area contributed by atoms with Gasteiger partial charge in [-0.2, -0.15) is 0 Å². The van der Waals surface area contributed by atoms with Gasteiger partial charge in [0.2, 0.25) is 0 Å². The van der Waals surface area contributed by atoms with Crippen molar-refractivity contribution in [2.24, 2.45) is 0 Å². The molecule has 0 aliphatic heterocycles. The number of hydrogen-bond acceptors (Lipinski definition) is 1. The Morgan fingerprint density at radius 2 is 1.65 bits per heavy atom. The lowest BCUT2D eigenvalue weighted by molar-refractivity contribution is 0.559. The fraction of sp³-hybridized carbons (Fsp3) is 0.222. The molecule has 1 atom stereocenters. The monoisotopic (exact) mass is 350 g/mol. The maximum Gasteiger partial charge on any atom is 0.157 e. The average Bonchev–Trinajstić information content (AvgIpc) is 2.99. The Morgan fingerprint density at radius 1 is 1.04 bits per heavy atom. The predicted molar refractivity (Wildman–Crippen MR) is 93.0 cm³/mol. The summed E-state index contributed by atoms with van der Waals surface area (Å²) in [5, 5.41) is 0.696. The lowest BCUT2D eigenvalue weighted by Crippen LogP contribution is -1.98. The van der Waals surface area contributed by atoms with Crippen molar-refractivity contribution in [2.45, 2.75) is 25.0 Å². The number of allylic oxidation sites excluding steroid dienone is 2. The second-order valence-electron chi connectivity index (χ2n) is 5.59. The summed E-state index contributed by atoms with van der Waals surface area (Å²) in [6, 6.07) is 12.6. The molecule has 0 saturated carbocycles. The van der Waals surface area contributed by atoms with Crippen molar-refractivity contribution in [1.29, 1.82) is 0 Å². The Kier molecular flexibility index (Phi) is 4.95.